The Hall–Kier alpha value is -0.670. The third-order valence-corrected chi connectivity index (χ3v) is 2.32. The second-order valence-electron chi connectivity index (χ2n) is 3.18. The molecule has 3 nitrogen and oxygen atoms in total. The van der Waals surface area contributed by atoms with E-state index in [9.17, 15) is 0 Å². The zero-order valence-corrected chi connectivity index (χ0v) is 8.26. The molecule has 1 aliphatic heterocycles. The van der Waals surface area contributed by atoms with Crippen LogP contribution in [0.1, 0.15) is 30.9 Å². The van der Waals surface area contributed by atoms with Crippen molar-refractivity contribution >= 4 is 12.4 Å². The van der Waals surface area contributed by atoms with Gasteiger partial charge in [0.25, 0.3) is 0 Å². The fourth-order valence-corrected chi connectivity index (χ4v) is 1.64. The van der Waals surface area contributed by atoms with E-state index in [1.165, 1.54) is 24.8 Å². The van der Waals surface area contributed by atoms with Crippen molar-refractivity contribution in [2.45, 2.75) is 25.3 Å². The van der Waals surface area contributed by atoms with Gasteiger partial charge in [-0.3, -0.25) is 0 Å². The van der Waals surface area contributed by atoms with Crippen molar-refractivity contribution < 1.29 is 0 Å². The Morgan fingerprint density at radius 2 is 2.23 bits per heavy atom. The van der Waals surface area contributed by atoms with Crippen LogP contribution in [-0.2, 0) is 0 Å². The largest absolute Gasteiger partial charge is 0.310 e. The lowest BCUT2D eigenvalue weighted by atomic mass is 9.99. The van der Waals surface area contributed by atoms with E-state index in [4.69, 9.17) is 0 Å². The van der Waals surface area contributed by atoms with E-state index in [0.29, 0.717) is 6.04 Å². The number of halogens is 1. The summed E-state index contributed by atoms with van der Waals surface area (Å²) in [5, 5.41) is 11.1. The van der Waals surface area contributed by atoms with Gasteiger partial charge in [-0.15, -0.1) is 12.4 Å². The Morgan fingerprint density at radius 1 is 1.31 bits per heavy atom. The molecule has 0 bridgehead atoms. The van der Waals surface area contributed by atoms with Crippen LogP contribution < -0.4 is 5.32 Å². The summed E-state index contributed by atoms with van der Waals surface area (Å²) in [5.41, 5.74) is 1.27. The van der Waals surface area contributed by atoms with E-state index < -0.39 is 0 Å². The number of hydrogen-bond acceptors (Lipinski definition) is 3. The second kappa shape index (κ2) is 5.14. The highest BCUT2D eigenvalue weighted by molar-refractivity contribution is 5.85. The lowest BCUT2D eigenvalue weighted by molar-refractivity contribution is 0.411. The molecule has 1 fully saturated rings. The van der Waals surface area contributed by atoms with E-state index in [-0.39, 0.29) is 12.4 Å². The molecule has 0 saturated carbocycles. The van der Waals surface area contributed by atoms with Crippen molar-refractivity contribution in [1.29, 1.82) is 0 Å². The SMILES string of the molecule is Cl.c1cc([C@@H]2CCCCN2)cnn1. The van der Waals surface area contributed by atoms with Crippen molar-refractivity contribution in [3.05, 3.63) is 24.0 Å². The molecule has 0 spiro atoms. The van der Waals surface area contributed by atoms with Crippen LogP contribution in [0.3, 0.4) is 0 Å². The summed E-state index contributed by atoms with van der Waals surface area (Å²) in [4.78, 5) is 0. The van der Waals surface area contributed by atoms with Crippen LogP contribution in [0.15, 0.2) is 18.5 Å². The molecule has 0 amide bonds. The highest BCUT2D eigenvalue weighted by Gasteiger charge is 2.13. The Bertz CT molecular complexity index is 234. The quantitative estimate of drug-likeness (QED) is 0.749. The first-order valence-corrected chi connectivity index (χ1v) is 4.47. The van der Waals surface area contributed by atoms with Gasteiger partial charge in [-0.05, 0) is 31.0 Å². The Morgan fingerprint density at radius 3 is 2.85 bits per heavy atom. The predicted molar refractivity (Wildman–Crippen MR) is 53.9 cm³/mol. The summed E-state index contributed by atoms with van der Waals surface area (Å²) in [6.07, 6.45) is 7.45. The summed E-state index contributed by atoms with van der Waals surface area (Å²) < 4.78 is 0. The molecular weight excluding hydrogens is 186 g/mol. The maximum atomic E-state index is 3.87. The molecule has 2 heterocycles. The number of nitrogens with zero attached hydrogens (tertiary/aromatic N) is 2. The van der Waals surface area contributed by atoms with Gasteiger partial charge < -0.3 is 5.32 Å². The smallest absolute Gasteiger partial charge is 0.0544 e. The molecule has 1 aliphatic rings. The molecule has 0 aliphatic carbocycles. The molecule has 72 valence electrons. The minimum Gasteiger partial charge on any atom is -0.310 e. The average molecular weight is 200 g/mol. The standard InChI is InChI=1S/C9H13N3.ClH/c1-2-5-10-9(3-1)8-4-6-11-12-7-8;/h4,6-7,9-10H,1-3,5H2;1H/t9-;/m0./s1. The molecule has 2 rings (SSSR count). The van der Waals surface area contributed by atoms with Gasteiger partial charge in [-0.1, -0.05) is 6.42 Å². The van der Waals surface area contributed by atoms with Crippen LogP contribution in [0.2, 0.25) is 0 Å². The molecule has 1 aromatic rings. The third-order valence-electron chi connectivity index (χ3n) is 2.32. The van der Waals surface area contributed by atoms with E-state index in [1.54, 1.807) is 6.20 Å². The Labute approximate surface area is 84.4 Å². The zero-order chi connectivity index (χ0) is 8.23. The number of piperidine rings is 1. The number of aromatic nitrogens is 2. The van der Waals surface area contributed by atoms with Gasteiger partial charge in [0, 0.05) is 12.2 Å². The van der Waals surface area contributed by atoms with Gasteiger partial charge in [0.15, 0.2) is 0 Å². The van der Waals surface area contributed by atoms with Gasteiger partial charge in [-0.25, -0.2) is 0 Å². The topological polar surface area (TPSA) is 37.8 Å². The van der Waals surface area contributed by atoms with Crippen LogP contribution in [0.5, 0.6) is 0 Å². The molecule has 0 radical (unpaired) electrons. The lowest BCUT2D eigenvalue weighted by Crippen LogP contribution is -2.26. The molecular formula is C9H14ClN3. The normalized spacial score (nSPS) is 22.0. The lowest BCUT2D eigenvalue weighted by Gasteiger charge is -2.22. The highest BCUT2D eigenvalue weighted by atomic mass is 35.5. The number of hydrogen-bond donors (Lipinski definition) is 1. The summed E-state index contributed by atoms with van der Waals surface area (Å²) in [6.45, 7) is 1.13. The molecule has 0 unspecified atom stereocenters. The van der Waals surface area contributed by atoms with Crippen molar-refractivity contribution in [2.24, 2.45) is 0 Å². The van der Waals surface area contributed by atoms with Gasteiger partial charge in [0.05, 0.1) is 6.20 Å². The molecule has 1 saturated heterocycles. The molecule has 13 heavy (non-hydrogen) atoms. The van der Waals surface area contributed by atoms with Crippen LogP contribution in [0, 0.1) is 0 Å². The monoisotopic (exact) mass is 199 g/mol. The van der Waals surface area contributed by atoms with Crippen molar-refractivity contribution in [1.82, 2.24) is 15.5 Å². The first kappa shape index (κ1) is 10.4. The van der Waals surface area contributed by atoms with E-state index in [1.807, 2.05) is 12.3 Å². The van der Waals surface area contributed by atoms with E-state index >= 15 is 0 Å². The van der Waals surface area contributed by atoms with Gasteiger partial charge >= 0.3 is 0 Å². The second-order valence-corrected chi connectivity index (χ2v) is 3.18. The van der Waals surface area contributed by atoms with Crippen molar-refractivity contribution in [3.63, 3.8) is 0 Å². The fourth-order valence-electron chi connectivity index (χ4n) is 1.64. The maximum absolute atomic E-state index is 3.87. The van der Waals surface area contributed by atoms with Crippen LogP contribution >= 0.6 is 12.4 Å². The first-order chi connectivity index (χ1) is 5.97. The Kier molecular flexibility index (Phi) is 4.12. The van der Waals surface area contributed by atoms with Gasteiger partial charge in [0.2, 0.25) is 0 Å². The molecule has 0 aromatic carbocycles. The maximum Gasteiger partial charge on any atom is 0.0544 e. The van der Waals surface area contributed by atoms with Gasteiger partial charge in [-0.2, -0.15) is 10.2 Å². The Balaban J connectivity index is 0.000000845. The summed E-state index contributed by atoms with van der Waals surface area (Å²) >= 11 is 0. The average Bonchev–Trinajstić information content (AvgIpc) is 2.21. The molecule has 1 atom stereocenters. The minimum absolute atomic E-state index is 0. The summed E-state index contributed by atoms with van der Waals surface area (Å²) in [7, 11) is 0. The molecule has 1 aromatic heterocycles. The van der Waals surface area contributed by atoms with Crippen molar-refractivity contribution in [3.8, 4) is 0 Å². The first-order valence-electron chi connectivity index (χ1n) is 4.47. The summed E-state index contributed by atoms with van der Waals surface area (Å²) in [6, 6.07) is 2.55. The van der Waals surface area contributed by atoms with Gasteiger partial charge in [0.1, 0.15) is 0 Å². The van der Waals surface area contributed by atoms with Crippen LogP contribution in [-0.4, -0.2) is 16.7 Å². The third kappa shape index (κ3) is 2.64. The van der Waals surface area contributed by atoms with Crippen LogP contribution in [0.4, 0.5) is 0 Å². The van der Waals surface area contributed by atoms with E-state index in [2.05, 4.69) is 15.5 Å². The summed E-state index contributed by atoms with van der Waals surface area (Å²) in [5.74, 6) is 0. The fraction of sp³-hybridized carbons (Fsp3) is 0.556. The number of rotatable bonds is 1. The van der Waals surface area contributed by atoms with Crippen molar-refractivity contribution in [2.75, 3.05) is 6.54 Å². The minimum atomic E-state index is 0. The molecule has 1 N–H and O–H groups in total. The predicted octanol–water partition coefficient (Wildman–Crippen LogP) is 1.71. The number of nitrogens with one attached hydrogen (secondary N) is 1. The zero-order valence-electron chi connectivity index (χ0n) is 7.44. The molecule has 4 heteroatoms. The van der Waals surface area contributed by atoms with Crippen LogP contribution in [0.25, 0.3) is 0 Å². The van der Waals surface area contributed by atoms with E-state index in [0.717, 1.165) is 6.54 Å². The highest BCUT2D eigenvalue weighted by Crippen LogP contribution is 2.21.